The van der Waals surface area contributed by atoms with Crippen molar-refractivity contribution in [2.24, 2.45) is 5.92 Å². The van der Waals surface area contributed by atoms with E-state index in [-0.39, 0.29) is 21.7 Å². The van der Waals surface area contributed by atoms with Crippen molar-refractivity contribution in [1.29, 1.82) is 0 Å². The van der Waals surface area contributed by atoms with Crippen molar-refractivity contribution in [3.05, 3.63) is 39.8 Å². The molecule has 9 heteroatoms. The number of carbonyl (C=O) groups is 2. The minimum Gasteiger partial charge on any atom is -0.504 e. The maximum Gasteiger partial charge on any atom is 0.327 e. The van der Waals surface area contributed by atoms with E-state index >= 15 is 0 Å². The van der Waals surface area contributed by atoms with E-state index in [2.05, 4.69) is 15.9 Å². The Hall–Kier alpha value is -1.84. The summed E-state index contributed by atoms with van der Waals surface area (Å²) in [6.07, 6.45) is 2.97. The number of thioether (sulfide) groups is 1. The molecule has 1 atom stereocenters. The van der Waals surface area contributed by atoms with Crippen molar-refractivity contribution in [1.82, 2.24) is 4.90 Å². The third-order valence-electron chi connectivity index (χ3n) is 4.67. The molecular weight excluding hydrogens is 466 g/mol. The predicted octanol–water partition coefficient (Wildman–Crippen LogP) is 4.00. The Morgan fingerprint density at radius 1 is 1.29 bits per heavy atom. The summed E-state index contributed by atoms with van der Waals surface area (Å²) in [6, 6.07) is 2.00. The number of phenols is 2. The summed E-state index contributed by atoms with van der Waals surface area (Å²) in [4.78, 5) is 26.0. The van der Waals surface area contributed by atoms with Gasteiger partial charge in [0.15, 0.2) is 11.5 Å². The summed E-state index contributed by atoms with van der Waals surface area (Å²) in [5.41, 5.74) is 2.47. The van der Waals surface area contributed by atoms with Gasteiger partial charge < -0.3 is 15.3 Å². The highest BCUT2D eigenvalue weighted by atomic mass is 79.9. The molecule has 3 rings (SSSR count). The molecule has 0 aromatic heterocycles. The van der Waals surface area contributed by atoms with Crippen LogP contribution < -0.4 is 0 Å². The summed E-state index contributed by atoms with van der Waals surface area (Å²) in [5, 5.41) is 29.0. The first-order chi connectivity index (χ1) is 13.1. The quantitative estimate of drug-likeness (QED) is 0.338. The number of aromatic hydroxyl groups is 2. The SMILES string of the molecule is CC(C)C(C(=O)O)N1C(=O)/C(=C\C2=C(Br)c3cc(O)c(O)cc3CC2)SC1=S. The Bertz CT molecular complexity index is 954. The van der Waals surface area contributed by atoms with E-state index in [1.165, 1.54) is 17.0 Å². The van der Waals surface area contributed by atoms with Gasteiger partial charge in [-0.15, -0.1) is 0 Å². The second kappa shape index (κ2) is 7.88. The van der Waals surface area contributed by atoms with Gasteiger partial charge in [0.2, 0.25) is 0 Å². The van der Waals surface area contributed by atoms with E-state index < -0.39 is 17.9 Å². The molecule has 2 aliphatic rings. The first-order valence-electron chi connectivity index (χ1n) is 8.55. The van der Waals surface area contributed by atoms with Crippen LogP contribution in [0.25, 0.3) is 4.48 Å². The van der Waals surface area contributed by atoms with Crippen molar-refractivity contribution in [3.63, 3.8) is 0 Å². The van der Waals surface area contributed by atoms with Crippen LogP contribution in [-0.4, -0.2) is 42.5 Å². The molecule has 6 nitrogen and oxygen atoms in total. The topological polar surface area (TPSA) is 98.1 Å². The molecule has 1 fully saturated rings. The molecule has 1 saturated heterocycles. The maximum absolute atomic E-state index is 12.9. The van der Waals surface area contributed by atoms with Gasteiger partial charge in [0, 0.05) is 4.48 Å². The monoisotopic (exact) mass is 483 g/mol. The lowest BCUT2D eigenvalue weighted by Gasteiger charge is -2.26. The standard InChI is InChI=1S/C19H18BrNO5S2/c1-8(2)16(18(25)26)21-17(24)14(28-19(21)27)6-10-4-3-9-5-12(22)13(23)7-11(9)15(10)20/h5-8,16,22-23H,3-4H2,1-2H3,(H,25,26)/b14-6+. The third kappa shape index (κ3) is 3.70. The van der Waals surface area contributed by atoms with E-state index in [1.807, 2.05) is 0 Å². The number of benzene rings is 1. The molecule has 0 spiro atoms. The number of hydrogen-bond donors (Lipinski definition) is 3. The highest BCUT2D eigenvalue weighted by Crippen LogP contribution is 2.43. The lowest BCUT2D eigenvalue weighted by atomic mass is 9.91. The molecule has 1 aromatic carbocycles. The van der Waals surface area contributed by atoms with Gasteiger partial charge in [-0.25, -0.2) is 4.79 Å². The predicted molar refractivity (Wildman–Crippen MR) is 115 cm³/mol. The summed E-state index contributed by atoms with van der Waals surface area (Å²) in [7, 11) is 0. The van der Waals surface area contributed by atoms with Crippen LogP contribution in [0.4, 0.5) is 0 Å². The van der Waals surface area contributed by atoms with Gasteiger partial charge in [-0.2, -0.15) is 0 Å². The number of nitrogens with zero attached hydrogens (tertiary/aromatic N) is 1. The lowest BCUT2D eigenvalue weighted by molar-refractivity contribution is -0.146. The van der Waals surface area contributed by atoms with E-state index in [0.717, 1.165) is 28.5 Å². The fraction of sp³-hybridized carbons (Fsp3) is 0.316. The number of rotatable bonds is 4. The van der Waals surface area contributed by atoms with E-state index in [0.29, 0.717) is 22.2 Å². The normalized spacial score (nSPS) is 19.6. The molecule has 0 saturated carbocycles. The third-order valence-corrected chi connectivity index (χ3v) is 6.94. The van der Waals surface area contributed by atoms with Crippen LogP contribution in [0.15, 0.2) is 28.7 Å². The number of hydrogen-bond acceptors (Lipinski definition) is 6. The molecule has 0 bridgehead atoms. The Balaban J connectivity index is 1.98. The van der Waals surface area contributed by atoms with Gasteiger partial charge in [-0.3, -0.25) is 9.69 Å². The van der Waals surface area contributed by atoms with Gasteiger partial charge >= 0.3 is 5.97 Å². The minimum absolute atomic E-state index is 0.170. The first kappa shape index (κ1) is 20.9. The minimum atomic E-state index is -1.09. The summed E-state index contributed by atoms with van der Waals surface area (Å²) in [6.45, 7) is 3.47. The van der Waals surface area contributed by atoms with Gasteiger partial charge in [-0.05, 0) is 69.6 Å². The van der Waals surface area contributed by atoms with Gasteiger partial charge in [0.1, 0.15) is 10.4 Å². The van der Waals surface area contributed by atoms with Crippen LogP contribution in [0.2, 0.25) is 0 Å². The zero-order valence-corrected chi connectivity index (χ0v) is 18.3. The van der Waals surface area contributed by atoms with Crippen molar-refractivity contribution in [3.8, 4) is 11.5 Å². The molecule has 1 amide bonds. The van der Waals surface area contributed by atoms with Crippen LogP contribution in [-0.2, 0) is 16.0 Å². The average Bonchev–Trinajstić information content (AvgIpc) is 2.87. The Morgan fingerprint density at radius 3 is 2.54 bits per heavy atom. The molecule has 0 radical (unpaired) electrons. The van der Waals surface area contributed by atoms with Crippen LogP contribution in [0.5, 0.6) is 11.5 Å². The number of fused-ring (bicyclic) bond motifs is 1. The number of aliphatic carboxylic acids is 1. The molecule has 1 aliphatic heterocycles. The number of halogens is 1. The largest absolute Gasteiger partial charge is 0.504 e. The number of thiocarbonyl (C=S) groups is 1. The number of phenolic OH excluding ortho intramolecular Hbond substituents is 2. The first-order valence-corrected chi connectivity index (χ1v) is 10.6. The van der Waals surface area contributed by atoms with Crippen LogP contribution in [0, 0.1) is 5.92 Å². The fourth-order valence-corrected chi connectivity index (χ4v) is 5.31. The van der Waals surface area contributed by atoms with E-state index in [1.54, 1.807) is 19.9 Å². The summed E-state index contributed by atoms with van der Waals surface area (Å²) in [5.74, 6) is -2.18. The van der Waals surface area contributed by atoms with Crippen LogP contribution >= 0.6 is 39.9 Å². The molecule has 1 aliphatic carbocycles. The Labute approximate surface area is 180 Å². The molecule has 28 heavy (non-hydrogen) atoms. The van der Waals surface area contributed by atoms with Gasteiger partial charge in [0.05, 0.1) is 4.91 Å². The van der Waals surface area contributed by atoms with Crippen molar-refractivity contribution >= 4 is 60.6 Å². The molecular formula is C19H18BrNO5S2. The fourth-order valence-electron chi connectivity index (χ4n) is 3.29. The van der Waals surface area contributed by atoms with Gasteiger partial charge in [-0.1, -0.05) is 37.8 Å². The zero-order valence-electron chi connectivity index (χ0n) is 15.1. The smallest absolute Gasteiger partial charge is 0.327 e. The van der Waals surface area contributed by atoms with E-state index in [9.17, 15) is 24.9 Å². The zero-order chi connectivity index (χ0) is 20.7. The Kier molecular flexibility index (Phi) is 5.88. The second-order valence-electron chi connectivity index (χ2n) is 6.92. The molecule has 1 aromatic rings. The summed E-state index contributed by atoms with van der Waals surface area (Å²) >= 11 is 9.89. The number of carboxylic acids is 1. The molecule has 1 heterocycles. The van der Waals surface area contributed by atoms with Gasteiger partial charge in [0.25, 0.3) is 5.91 Å². The molecule has 3 N–H and O–H groups in total. The van der Waals surface area contributed by atoms with Crippen molar-refractivity contribution in [2.45, 2.75) is 32.7 Å². The second-order valence-corrected chi connectivity index (χ2v) is 9.38. The molecule has 1 unspecified atom stereocenters. The average molecular weight is 484 g/mol. The van der Waals surface area contributed by atoms with E-state index in [4.69, 9.17) is 12.2 Å². The number of aryl methyl sites for hydroxylation is 1. The Morgan fingerprint density at radius 2 is 1.93 bits per heavy atom. The number of allylic oxidation sites excluding steroid dienone is 2. The van der Waals surface area contributed by atoms with Crippen molar-refractivity contribution in [2.75, 3.05) is 0 Å². The summed E-state index contributed by atoms with van der Waals surface area (Å²) < 4.78 is 0.945. The maximum atomic E-state index is 12.9. The highest BCUT2D eigenvalue weighted by Gasteiger charge is 2.42. The number of amides is 1. The lowest BCUT2D eigenvalue weighted by Crippen LogP contribution is -2.47. The van der Waals surface area contributed by atoms with Crippen LogP contribution in [0.3, 0.4) is 0 Å². The highest BCUT2D eigenvalue weighted by molar-refractivity contribution is 9.15. The van der Waals surface area contributed by atoms with Crippen LogP contribution in [0.1, 0.15) is 31.4 Å². The molecule has 148 valence electrons. The van der Waals surface area contributed by atoms with Crippen molar-refractivity contribution < 1.29 is 24.9 Å². The number of carbonyl (C=O) groups excluding carboxylic acids is 1. The number of carboxylic acid groups (broad SMARTS) is 1.